The van der Waals surface area contributed by atoms with Crippen LogP contribution < -0.4 is 9.47 Å². The number of benzene rings is 2. The normalized spacial score (nSPS) is 9.95. The smallest absolute Gasteiger partial charge is 0.200 e. The molecule has 2 aromatic carbocycles. The maximum Gasteiger partial charge on any atom is 0.200 e. The third-order valence-electron chi connectivity index (χ3n) is 3.06. The minimum atomic E-state index is -0.0622. The minimum Gasteiger partial charge on any atom is -0.493 e. The first-order valence-electron chi connectivity index (χ1n) is 6.73. The van der Waals surface area contributed by atoms with Gasteiger partial charge in [0, 0.05) is 5.56 Å². The maximum atomic E-state index is 12.0. The van der Waals surface area contributed by atoms with Crippen molar-refractivity contribution in [2.45, 2.75) is 6.42 Å². The van der Waals surface area contributed by atoms with Crippen molar-refractivity contribution in [3.8, 4) is 11.5 Å². The SMILES string of the molecule is C=CCc1ccc(OCC(=O)c2ccccc2)c(OC)c1. The van der Waals surface area contributed by atoms with E-state index < -0.39 is 0 Å². The summed E-state index contributed by atoms with van der Waals surface area (Å²) in [6.07, 6.45) is 2.59. The van der Waals surface area contributed by atoms with Gasteiger partial charge >= 0.3 is 0 Å². The zero-order chi connectivity index (χ0) is 15.1. The molecule has 0 radical (unpaired) electrons. The molecular formula is C18H18O3. The van der Waals surface area contributed by atoms with Crippen molar-refractivity contribution in [1.82, 2.24) is 0 Å². The van der Waals surface area contributed by atoms with Crippen LogP contribution in [0, 0.1) is 0 Å². The van der Waals surface area contributed by atoms with Gasteiger partial charge in [-0.25, -0.2) is 0 Å². The summed E-state index contributed by atoms with van der Waals surface area (Å²) in [6, 6.07) is 14.7. The first kappa shape index (κ1) is 14.9. The van der Waals surface area contributed by atoms with E-state index in [4.69, 9.17) is 9.47 Å². The van der Waals surface area contributed by atoms with Crippen molar-refractivity contribution in [2.75, 3.05) is 13.7 Å². The molecule has 0 aliphatic heterocycles. The lowest BCUT2D eigenvalue weighted by molar-refractivity contribution is 0.0919. The van der Waals surface area contributed by atoms with Crippen LogP contribution in [0.4, 0.5) is 0 Å². The van der Waals surface area contributed by atoms with E-state index in [1.54, 1.807) is 19.2 Å². The molecule has 0 spiro atoms. The van der Waals surface area contributed by atoms with E-state index >= 15 is 0 Å². The van der Waals surface area contributed by atoms with E-state index in [9.17, 15) is 4.79 Å². The molecule has 0 bridgehead atoms. The van der Waals surface area contributed by atoms with Crippen molar-refractivity contribution in [2.24, 2.45) is 0 Å². The number of Topliss-reactive ketones (excluding diaryl/α,β-unsaturated/α-hetero) is 1. The number of hydrogen-bond donors (Lipinski definition) is 0. The third kappa shape index (κ3) is 3.96. The Balaban J connectivity index is 2.06. The Kier molecular flexibility index (Phi) is 5.16. The predicted octanol–water partition coefficient (Wildman–Crippen LogP) is 3.69. The van der Waals surface area contributed by atoms with E-state index in [1.165, 1.54) is 0 Å². The molecule has 0 aliphatic carbocycles. The fraction of sp³-hybridized carbons (Fsp3) is 0.167. The summed E-state index contributed by atoms with van der Waals surface area (Å²) in [4.78, 5) is 12.0. The number of ether oxygens (including phenoxy) is 2. The van der Waals surface area contributed by atoms with Crippen LogP contribution in [-0.4, -0.2) is 19.5 Å². The Bertz CT molecular complexity index is 618. The molecule has 21 heavy (non-hydrogen) atoms. The highest BCUT2D eigenvalue weighted by Crippen LogP contribution is 2.28. The standard InChI is InChI=1S/C18H18O3/c1-3-7-14-10-11-17(18(12-14)20-2)21-13-16(19)15-8-5-4-6-9-15/h3-6,8-12H,1,7,13H2,2H3. The molecule has 0 atom stereocenters. The zero-order valence-corrected chi connectivity index (χ0v) is 12.0. The fourth-order valence-corrected chi connectivity index (χ4v) is 1.98. The lowest BCUT2D eigenvalue weighted by Gasteiger charge is -2.11. The van der Waals surface area contributed by atoms with Gasteiger partial charge in [0.05, 0.1) is 7.11 Å². The van der Waals surface area contributed by atoms with Crippen LogP contribution in [0.1, 0.15) is 15.9 Å². The van der Waals surface area contributed by atoms with Crippen LogP contribution >= 0.6 is 0 Å². The van der Waals surface area contributed by atoms with Crippen LogP contribution in [0.15, 0.2) is 61.2 Å². The highest BCUT2D eigenvalue weighted by atomic mass is 16.5. The van der Waals surface area contributed by atoms with Gasteiger partial charge in [0.25, 0.3) is 0 Å². The Hall–Kier alpha value is -2.55. The Labute approximate surface area is 124 Å². The second kappa shape index (κ2) is 7.29. The average molecular weight is 282 g/mol. The minimum absolute atomic E-state index is 0.0127. The zero-order valence-electron chi connectivity index (χ0n) is 12.0. The van der Waals surface area contributed by atoms with E-state index in [1.807, 2.05) is 42.5 Å². The highest BCUT2D eigenvalue weighted by molar-refractivity contribution is 5.97. The van der Waals surface area contributed by atoms with E-state index in [0.29, 0.717) is 17.1 Å². The monoisotopic (exact) mass is 282 g/mol. The topological polar surface area (TPSA) is 35.5 Å². The summed E-state index contributed by atoms with van der Waals surface area (Å²) in [5.41, 5.74) is 1.73. The lowest BCUT2D eigenvalue weighted by Crippen LogP contribution is -2.11. The second-order valence-electron chi connectivity index (χ2n) is 4.56. The molecule has 0 saturated heterocycles. The van der Waals surface area contributed by atoms with E-state index in [2.05, 4.69) is 6.58 Å². The number of allylic oxidation sites excluding steroid dienone is 1. The fourth-order valence-electron chi connectivity index (χ4n) is 1.98. The molecule has 0 fully saturated rings. The predicted molar refractivity (Wildman–Crippen MR) is 83.2 cm³/mol. The van der Waals surface area contributed by atoms with Gasteiger partial charge in [-0.05, 0) is 24.1 Å². The summed E-state index contributed by atoms with van der Waals surface area (Å²) in [6.45, 7) is 3.70. The average Bonchev–Trinajstić information content (AvgIpc) is 2.54. The molecule has 0 aliphatic rings. The van der Waals surface area contributed by atoms with Gasteiger partial charge in [-0.2, -0.15) is 0 Å². The summed E-state index contributed by atoms with van der Waals surface area (Å²) in [5.74, 6) is 1.12. The van der Waals surface area contributed by atoms with Gasteiger partial charge in [0.1, 0.15) is 0 Å². The second-order valence-corrected chi connectivity index (χ2v) is 4.56. The van der Waals surface area contributed by atoms with Crippen LogP contribution in [-0.2, 0) is 6.42 Å². The van der Waals surface area contributed by atoms with Gasteiger partial charge in [-0.15, -0.1) is 6.58 Å². The Morgan fingerprint density at radius 2 is 1.90 bits per heavy atom. The van der Waals surface area contributed by atoms with E-state index in [0.717, 1.165) is 12.0 Å². The molecule has 0 amide bonds. The summed E-state index contributed by atoms with van der Waals surface area (Å²) in [5, 5.41) is 0. The molecule has 3 heteroatoms. The molecule has 2 rings (SSSR count). The van der Waals surface area contributed by atoms with Gasteiger partial charge < -0.3 is 9.47 Å². The number of ketones is 1. The Morgan fingerprint density at radius 3 is 2.57 bits per heavy atom. The largest absolute Gasteiger partial charge is 0.493 e. The molecule has 2 aromatic rings. The van der Waals surface area contributed by atoms with Crippen LogP contribution in [0.2, 0.25) is 0 Å². The summed E-state index contributed by atoms with van der Waals surface area (Å²) >= 11 is 0. The maximum absolute atomic E-state index is 12.0. The molecule has 0 aromatic heterocycles. The van der Waals surface area contributed by atoms with Gasteiger partial charge in [0.15, 0.2) is 23.9 Å². The molecule has 0 saturated carbocycles. The van der Waals surface area contributed by atoms with Gasteiger partial charge in [-0.3, -0.25) is 4.79 Å². The first-order chi connectivity index (χ1) is 10.2. The molecule has 0 heterocycles. The number of hydrogen-bond acceptors (Lipinski definition) is 3. The molecule has 0 unspecified atom stereocenters. The van der Waals surface area contributed by atoms with Crippen molar-refractivity contribution in [3.05, 3.63) is 72.3 Å². The van der Waals surface area contributed by atoms with Gasteiger partial charge in [-0.1, -0.05) is 42.5 Å². The van der Waals surface area contributed by atoms with Crippen LogP contribution in [0.3, 0.4) is 0 Å². The van der Waals surface area contributed by atoms with Crippen LogP contribution in [0.5, 0.6) is 11.5 Å². The van der Waals surface area contributed by atoms with Gasteiger partial charge in [0.2, 0.25) is 0 Å². The Morgan fingerprint density at radius 1 is 1.14 bits per heavy atom. The summed E-state index contributed by atoms with van der Waals surface area (Å²) < 4.78 is 10.9. The van der Waals surface area contributed by atoms with Crippen LogP contribution in [0.25, 0.3) is 0 Å². The third-order valence-corrected chi connectivity index (χ3v) is 3.06. The molecule has 108 valence electrons. The first-order valence-corrected chi connectivity index (χ1v) is 6.73. The van der Waals surface area contributed by atoms with Crippen molar-refractivity contribution < 1.29 is 14.3 Å². The lowest BCUT2D eigenvalue weighted by atomic mass is 10.1. The number of carbonyl (C=O) groups is 1. The van der Waals surface area contributed by atoms with Crippen molar-refractivity contribution in [1.29, 1.82) is 0 Å². The van der Waals surface area contributed by atoms with Crippen molar-refractivity contribution >= 4 is 5.78 Å². The molecule has 3 nitrogen and oxygen atoms in total. The highest BCUT2D eigenvalue weighted by Gasteiger charge is 2.09. The van der Waals surface area contributed by atoms with E-state index in [-0.39, 0.29) is 12.4 Å². The number of rotatable bonds is 7. The number of carbonyl (C=O) groups excluding carboxylic acids is 1. The quantitative estimate of drug-likeness (QED) is 0.574. The summed E-state index contributed by atoms with van der Waals surface area (Å²) in [7, 11) is 1.58. The van der Waals surface area contributed by atoms with Crippen molar-refractivity contribution in [3.63, 3.8) is 0 Å². The number of methoxy groups -OCH3 is 1. The molecular weight excluding hydrogens is 264 g/mol. The molecule has 0 N–H and O–H groups in total.